The standard InChI is InChI=1S/C26H27NO4/c1-18(2)17-30-22-15-13-21(14-16-22)26(29)31-19(3)25(28)27-24-12-8-7-11-23(24)20-9-5-4-6-10-20/h4-16,18-19H,17H2,1-3H3,(H,27,28)/t19-/m1/s1. The van der Waals surface area contributed by atoms with Gasteiger partial charge in [0, 0.05) is 11.3 Å². The molecule has 0 aliphatic rings. The van der Waals surface area contributed by atoms with Crippen molar-refractivity contribution in [1.82, 2.24) is 0 Å². The predicted molar refractivity (Wildman–Crippen MR) is 122 cm³/mol. The van der Waals surface area contributed by atoms with E-state index < -0.39 is 18.0 Å². The maximum absolute atomic E-state index is 12.7. The lowest BCUT2D eigenvalue weighted by atomic mass is 10.0. The first kappa shape index (κ1) is 22.1. The second-order valence-corrected chi connectivity index (χ2v) is 7.68. The lowest BCUT2D eigenvalue weighted by molar-refractivity contribution is -0.123. The molecule has 0 aliphatic carbocycles. The van der Waals surface area contributed by atoms with Crippen LogP contribution in [0.1, 0.15) is 31.1 Å². The van der Waals surface area contributed by atoms with E-state index in [2.05, 4.69) is 19.2 Å². The van der Waals surface area contributed by atoms with Crippen LogP contribution in [0.5, 0.6) is 5.75 Å². The van der Waals surface area contributed by atoms with Gasteiger partial charge in [-0.05, 0) is 48.7 Å². The largest absolute Gasteiger partial charge is 0.493 e. The van der Waals surface area contributed by atoms with Crippen LogP contribution in [-0.2, 0) is 9.53 Å². The smallest absolute Gasteiger partial charge is 0.338 e. The third-order valence-corrected chi connectivity index (χ3v) is 4.60. The molecule has 3 aromatic rings. The first-order valence-electron chi connectivity index (χ1n) is 10.3. The molecule has 31 heavy (non-hydrogen) atoms. The van der Waals surface area contributed by atoms with E-state index in [1.165, 1.54) is 0 Å². The predicted octanol–water partition coefficient (Wildman–Crippen LogP) is 5.57. The molecule has 0 fully saturated rings. The van der Waals surface area contributed by atoms with Crippen LogP contribution in [0.3, 0.4) is 0 Å². The average Bonchev–Trinajstić information content (AvgIpc) is 2.79. The van der Waals surface area contributed by atoms with Crippen LogP contribution in [0.4, 0.5) is 5.69 Å². The van der Waals surface area contributed by atoms with Gasteiger partial charge in [-0.15, -0.1) is 0 Å². The minimum atomic E-state index is -0.951. The number of amides is 1. The highest BCUT2D eigenvalue weighted by Crippen LogP contribution is 2.27. The number of benzene rings is 3. The Balaban J connectivity index is 1.62. The number of rotatable bonds is 8. The van der Waals surface area contributed by atoms with Crippen LogP contribution < -0.4 is 10.1 Å². The molecule has 0 radical (unpaired) electrons. The molecule has 1 atom stereocenters. The summed E-state index contributed by atoms with van der Waals surface area (Å²) in [6.45, 7) is 6.29. The molecule has 1 N–H and O–H groups in total. The second kappa shape index (κ2) is 10.4. The van der Waals surface area contributed by atoms with Gasteiger partial charge in [-0.2, -0.15) is 0 Å². The maximum Gasteiger partial charge on any atom is 0.338 e. The third-order valence-electron chi connectivity index (χ3n) is 4.60. The molecule has 0 spiro atoms. The van der Waals surface area contributed by atoms with Crippen LogP contribution in [0.15, 0.2) is 78.9 Å². The van der Waals surface area contributed by atoms with Crippen molar-refractivity contribution in [3.63, 3.8) is 0 Å². The van der Waals surface area contributed by atoms with Crippen molar-refractivity contribution in [3.8, 4) is 16.9 Å². The number of anilines is 1. The van der Waals surface area contributed by atoms with E-state index in [9.17, 15) is 9.59 Å². The zero-order chi connectivity index (χ0) is 22.2. The van der Waals surface area contributed by atoms with Gasteiger partial charge in [-0.25, -0.2) is 4.79 Å². The summed E-state index contributed by atoms with van der Waals surface area (Å²) < 4.78 is 11.0. The molecule has 0 bridgehead atoms. The summed E-state index contributed by atoms with van der Waals surface area (Å²) in [6, 6.07) is 24.0. The van der Waals surface area contributed by atoms with Gasteiger partial charge in [-0.3, -0.25) is 4.79 Å². The van der Waals surface area contributed by atoms with Gasteiger partial charge in [0.1, 0.15) is 5.75 Å². The molecule has 5 nitrogen and oxygen atoms in total. The normalized spacial score (nSPS) is 11.6. The van der Waals surface area contributed by atoms with E-state index in [0.29, 0.717) is 29.5 Å². The van der Waals surface area contributed by atoms with E-state index >= 15 is 0 Å². The van der Waals surface area contributed by atoms with Crippen molar-refractivity contribution < 1.29 is 19.1 Å². The van der Waals surface area contributed by atoms with Crippen LogP contribution in [0, 0.1) is 5.92 Å². The summed E-state index contributed by atoms with van der Waals surface area (Å²) in [6.07, 6.45) is -0.951. The van der Waals surface area contributed by atoms with E-state index in [1.54, 1.807) is 31.2 Å². The number of hydrogen-bond donors (Lipinski definition) is 1. The molecule has 0 aromatic heterocycles. The Morgan fingerprint density at radius 3 is 2.16 bits per heavy atom. The zero-order valence-electron chi connectivity index (χ0n) is 18.0. The summed E-state index contributed by atoms with van der Waals surface area (Å²) in [5.74, 6) is 0.146. The first-order valence-corrected chi connectivity index (χ1v) is 10.3. The Morgan fingerprint density at radius 2 is 1.48 bits per heavy atom. The Morgan fingerprint density at radius 1 is 0.839 bits per heavy atom. The summed E-state index contributed by atoms with van der Waals surface area (Å²) in [5.41, 5.74) is 2.91. The van der Waals surface area contributed by atoms with Crippen molar-refractivity contribution in [2.24, 2.45) is 5.92 Å². The Hall–Kier alpha value is -3.60. The molecule has 0 saturated carbocycles. The van der Waals surface area contributed by atoms with Gasteiger partial charge in [0.15, 0.2) is 6.10 Å². The molecule has 5 heteroatoms. The number of carbonyl (C=O) groups is 2. The molecule has 0 unspecified atom stereocenters. The topological polar surface area (TPSA) is 64.6 Å². The lowest BCUT2D eigenvalue weighted by Crippen LogP contribution is -2.30. The number of nitrogens with one attached hydrogen (secondary N) is 1. The van der Waals surface area contributed by atoms with E-state index in [4.69, 9.17) is 9.47 Å². The SMILES string of the molecule is CC(C)COc1ccc(C(=O)O[C@H](C)C(=O)Nc2ccccc2-c2ccccc2)cc1. The Kier molecular flexibility index (Phi) is 7.44. The summed E-state index contributed by atoms with van der Waals surface area (Å²) in [7, 11) is 0. The number of carbonyl (C=O) groups excluding carboxylic acids is 2. The summed E-state index contributed by atoms with van der Waals surface area (Å²) in [4.78, 5) is 25.1. The average molecular weight is 418 g/mol. The number of hydrogen-bond acceptors (Lipinski definition) is 4. The van der Waals surface area contributed by atoms with Crippen LogP contribution in [0.25, 0.3) is 11.1 Å². The highest BCUT2D eigenvalue weighted by Gasteiger charge is 2.20. The van der Waals surface area contributed by atoms with E-state index in [0.717, 1.165) is 11.1 Å². The molecule has 0 aliphatic heterocycles. The van der Waals surface area contributed by atoms with Gasteiger partial charge in [0.25, 0.3) is 5.91 Å². The zero-order valence-corrected chi connectivity index (χ0v) is 18.0. The highest BCUT2D eigenvalue weighted by molar-refractivity contribution is 5.99. The maximum atomic E-state index is 12.7. The van der Waals surface area contributed by atoms with Crippen molar-refractivity contribution in [1.29, 1.82) is 0 Å². The Bertz CT molecular complexity index is 1010. The minimum Gasteiger partial charge on any atom is -0.493 e. The minimum absolute atomic E-state index is 0.362. The molecular weight excluding hydrogens is 390 g/mol. The van der Waals surface area contributed by atoms with E-state index in [-0.39, 0.29) is 0 Å². The molecule has 0 saturated heterocycles. The third kappa shape index (κ3) is 6.19. The van der Waals surface area contributed by atoms with Crippen molar-refractivity contribution in [3.05, 3.63) is 84.4 Å². The number of esters is 1. The van der Waals surface area contributed by atoms with Gasteiger partial charge in [0.05, 0.1) is 12.2 Å². The second-order valence-electron chi connectivity index (χ2n) is 7.68. The molecule has 1 amide bonds. The molecule has 160 valence electrons. The fourth-order valence-corrected chi connectivity index (χ4v) is 2.93. The van der Waals surface area contributed by atoms with E-state index in [1.807, 2.05) is 54.6 Å². The quantitative estimate of drug-likeness (QED) is 0.487. The van der Waals surface area contributed by atoms with Crippen LogP contribution >= 0.6 is 0 Å². The van der Waals surface area contributed by atoms with Gasteiger partial charge in [0.2, 0.25) is 0 Å². The first-order chi connectivity index (χ1) is 14.9. The van der Waals surface area contributed by atoms with Gasteiger partial charge in [-0.1, -0.05) is 62.4 Å². The monoisotopic (exact) mass is 417 g/mol. The highest BCUT2D eigenvalue weighted by atomic mass is 16.5. The molecule has 3 aromatic carbocycles. The van der Waals surface area contributed by atoms with Crippen molar-refractivity contribution in [2.45, 2.75) is 26.9 Å². The summed E-state index contributed by atoms with van der Waals surface area (Å²) >= 11 is 0. The van der Waals surface area contributed by atoms with Crippen molar-refractivity contribution in [2.75, 3.05) is 11.9 Å². The van der Waals surface area contributed by atoms with Crippen LogP contribution in [-0.4, -0.2) is 24.6 Å². The fourth-order valence-electron chi connectivity index (χ4n) is 2.93. The molecular formula is C26H27NO4. The lowest BCUT2D eigenvalue weighted by Gasteiger charge is -2.16. The number of para-hydroxylation sites is 1. The summed E-state index contributed by atoms with van der Waals surface area (Å²) in [5, 5.41) is 2.87. The number of ether oxygens (including phenoxy) is 2. The van der Waals surface area contributed by atoms with Crippen molar-refractivity contribution >= 4 is 17.6 Å². The van der Waals surface area contributed by atoms with Gasteiger partial charge < -0.3 is 14.8 Å². The molecule has 0 heterocycles. The fraction of sp³-hybridized carbons (Fsp3) is 0.231. The molecule has 3 rings (SSSR count). The van der Waals surface area contributed by atoms with Crippen LogP contribution in [0.2, 0.25) is 0 Å². The Labute approximate surface area is 183 Å². The van der Waals surface area contributed by atoms with Gasteiger partial charge >= 0.3 is 5.97 Å².